The van der Waals surface area contributed by atoms with E-state index in [4.69, 9.17) is 14.7 Å². The lowest BCUT2D eigenvalue weighted by Crippen LogP contribution is -2.50. The van der Waals surface area contributed by atoms with Gasteiger partial charge in [-0.1, -0.05) is 30.9 Å². The number of anilines is 2. The van der Waals surface area contributed by atoms with Crippen LogP contribution in [-0.2, 0) is 17.7 Å². The van der Waals surface area contributed by atoms with E-state index < -0.39 is 5.60 Å². The molecule has 1 saturated heterocycles. The fourth-order valence-corrected chi connectivity index (χ4v) is 5.27. The summed E-state index contributed by atoms with van der Waals surface area (Å²) in [6.45, 7) is 22.5. The van der Waals surface area contributed by atoms with E-state index in [1.807, 2.05) is 33.8 Å². The molecule has 0 spiro atoms. The van der Waals surface area contributed by atoms with Gasteiger partial charge >= 0.3 is 6.09 Å². The smallest absolute Gasteiger partial charge is 0.410 e. The summed E-state index contributed by atoms with van der Waals surface area (Å²) in [5.41, 5.74) is 8.04. The molecule has 4 rings (SSSR count). The standard InChI is InChI=1S/C30H41N5O2/c1-9-11-24-23(10-2)18-20(3)21(4)27(24)35-13-12-25-26(19-35)31-22(5)32-28(25)33-14-16-34(17-15-33)29(36)37-30(6,7)8/h9-11,18H,2,12-17,19H2,1,3-8H3/b11-9-. The van der Waals surface area contributed by atoms with Crippen LogP contribution in [0.1, 0.15) is 67.0 Å². The number of aryl methyl sites for hydroxylation is 2. The van der Waals surface area contributed by atoms with Gasteiger partial charge in [-0.25, -0.2) is 14.8 Å². The third-order valence-electron chi connectivity index (χ3n) is 7.14. The topological polar surface area (TPSA) is 61.8 Å². The average Bonchev–Trinajstić information content (AvgIpc) is 2.84. The minimum atomic E-state index is -0.488. The number of nitrogens with zero attached hydrogens (tertiary/aromatic N) is 5. The van der Waals surface area contributed by atoms with Crippen molar-refractivity contribution in [1.29, 1.82) is 0 Å². The molecule has 198 valence electrons. The highest BCUT2D eigenvalue weighted by Crippen LogP contribution is 2.37. The molecule has 7 nitrogen and oxygen atoms in total. The maximum absolute atomic E-state index is 12.5. The minimum absolute atomic E-state index is 0.243. The number of ether oxygens (including phenoxy) is 1. The van der Waals surface area contributed by atoms with Crippen LogP contribution in [0, 0.1) is 20.8 Å². The fraction of sp³-hybridized carbons (Fsp3) is 0.500. The first-order valence-corrected chi connectivity index (χ1v) is 13.3. The lowest BCUT2D eigenvalue weighted by Gasteiger charge is -2.39. The number of hydrogen-bond donors (Lipinski definition) is 0. The third-order valence-corrected chi connectivity index (χ3v) is 7.14. The fourth-order valence-electron chi connectivity index (χ4n) is 5.27. The van der Waals surface area contributed by atoms with Crippen molar-refractivity contribution in [3.05, 3.63) is 58.1 Å². The Kier molecular flexibility index (Phi) is 7.62. The number of amides is 1. The second-order valence-electron chi connectivity index (χ2n) is 11.0. The maximum Gasteiger partial charge on any atom is 0.410 e. The summed E-state index contributed by atoms with van der Waals surface area (Å²) >= 11 is 0. The van der Waals surface area contributed by atoms with Crippen molar-refractivity contribution in [1.82, 2.24) is 14.9 Å². The van der Waals surface area contributed by atoms with Crippen molar-refractivity contribution in [2.24, 2.45) is 0 Å². The van der Waals surface area contributed by atoms with Gasteiger partial charge in [0.15, 0.2) is 0 Å². The van der Waals surface area contributed by atoms with E-state index in [9.17, 15) is 4.79 Å². The van der Waals surface area contributed by atoms with Gasteiger partial charge < -0.3 is 19.4 Å². The van der Waals surface area contributed by atoms with Gasteiger partial charge in [0.05, 0.1) is 12.2 Å². The SMILES string of the molecule is C=Cc1cc(C)c(C)c(N2CCc3c(nc(C)nc3N3CCN(C(=O)OC(C)(C)C)CC3)C2)c1/C=C\C. The molecule has 2 aliphatic rings. The van der Waals surface area contributed by atoms with Gasteiger partial charge in [0.2, 0.25) is 0 Å². The van der Waals surface area contributed by atoms with Crippen molar-refractivity contribution >= 4 is 29.8 Å². The van der Waals surface area contributed by atoms with Gasteiger partial charge in [-0.15, -0.1) is 0 Å². The number of piperazine rings is 1. The highest BCUT2D eigenvalue weighted by molar-refractivity contribution is 5.80. The number of aromatic nitrogens is 2. The van der Waals surface area contributed by atoms with E-state index in [-0.39, 0.29) is 6.09 Å². The highest BCUT2D eigenvalue weighted by atomic mass is 16.6. The van der Waals surface area contributed by atoms with Gasteiger partial charge in [-0.2, -0.15) is 0 Å². The Balaban J connectivity index is 1.60. The quantitative estimate of drug-likeness (QED) is 0.534. The third kappa shape index (κ3) is 5.65. The Morgan fingerprint density at radius 3 is 2.38 bits per heavy atom. The first kappa shape index (κ1) is 26.7. The predicted octanol–water partition coefficient (Wildman–Crippen LogP) is 5.70. The molecule has 0 saturated carbocycles. The summed E-state index contributed by atoms with van der Waals surface area (Å²) in [4.78, 5) is 28.9. The molecule has 0 aliphatic carbocycles. The molecule has 0 unspecified atom stereocenters. The van der Waals surface area contributed by atoms with E-state index in [1.54, 1.807) is 4.90 Å². The Morgan fingerprint density at radius 1 is 1.05 bits per heavy atom. The zero-order chi connectivity index (χ0) is 26.9. The van der Waals surface area contributed by atoms with Crippen LogP contribution < -0.4 is 9.80 Å². The molecule has 0 N–H and O–H groups in total. The Hall–Kier alpha value is -3.35. The van der Waals surface area contributed by atoms with Crippen LogP contribution in [-0.4, -0.2) is 59.3 Å². The van der Waals surface area contributed by atoms with Gasteiger partial charge in [0.1, 0.15) is 17.2 Å². The van der Waals surface area contributed by atoms with Crippen molar-refractivity contribution in [2.75, 3.05) is 42.5 Å². The number of hydrogen-bond acceptors (Lipinski definition) is 6. The van der Waals surface area contributed by atoms with Crippen LogP contribution in [0.4, 0.5) is 16.3 Å². The molecule has 0 radical (unpaired) electrons. The number of benzene rings is 1. The Labute approximate surface area is 221 Å². The Bertz CT molecular complexity index is 1220. The molecule has 1 aromatic heterocycles. The number of fused-ring (bicyclic) bond motifs is 1. The first-order chi connectivity index (χ1) is 17.5. The van der Waals surface area contributed by atoms with Crippen LogP contribution in [0.2, 0.25) is 0 Å². The molecule has 2 aliphatic heterocycles. The molecule has 1 amide bonds. The van der Waals surface area contributed by atoms with Gasteiger partial charge in [-0.3, -0.25) is 0 Å². The van der Waals surface area contributed by atoms with Gasteiger partial charge in [-0.05, 0) is 71.6 Å². The number of rotatable bonds is 4. The van der Waals surface area contributed by atoms with E-state index in [0.717, 1.165) is 55.5 Å². The molecule has 0 atom stereocenters. The summed E-state index contributed by atoms with van der Waals surface area (Å²) in [5.74, 6) is 1.80. The zero-order valence-corrected chi connectivity index (χ0v) is 23.5. The van der Waals surface area contributed by atoms with E-state index in [1.165, 1.54) is 27.9 Å². The second kappa shape index (κ2) is 10.6. The molecule has 1 aromatic carbocycles. The van der Waals surface area contributed by atoms with Crippen LogP contribution in [0.15, 0.2) is 18.7 Å². The molecule has 7 heteroatoms. The molecule has 3 heterocycles. The zero-order valence-electron chi connectivity index (χ0n) is 23.5. The lowest BCUT2D eigenvalue weighted by atomic mass is 9.94. The molecule has 37 heavy (non-hydrogen) atoms. The van der Waals surface area contributed by atoms with Crippen molar-refractivity contribution in [2.45, 2.75) is 67.0 Å². The maximum atomic E-state index is 12.5. The molecular weight excluding hydrogens is 462 g/mol. The minimum Gasteiger partial charge on any atom is -0.444 e. The molecule has 2 aromatic rings. The monoisotopic (exact) mass is 503 g/mol. The summed E-state index contributed by atoms with van der Waals surface area (Å²) < 4.78 is 5.57. The number of allylic oxidation sites excluding steroid dienone is 1. The largest absolute Gasteiger partial charge is 0.444 e. The highest BCUT2D eigenvalue weighted by Gasteiger charge is 2.30. The van der Waals surface area contributed by atoms with Crippen molar-refractivity contribution < 1.29 is 9.53 Å². The van der Waals surface area contributed by atoms with E-state index in [2.05, 4.69) is 55.4 Å². The van der Waals surface area contributed by atoms with Crippen LogP contribution in [0.25, 0.3) is 12.2 Å². The normalized spacial score (nSPS) is 16.2. The summed E-state index contributed by atoms with van der Waals surface area (Å²) in [5, 5.41) is 0. The van der Waals surface area contributed by atoms with Crippen LogP contribution >= 0.6 is 0 Å². The van der Waals surface area contributed by atoms with Gasteiger partial charge in [0.25, 0.3) is 0 Å². The van der Waals surface area contributed by atoms with E-state index >= 15 is 0 Å². The van der Waals surface area contributed by atoms with Crippen molar-refractivity contribution in [3.8, 4) is 0 Å². The average molecular weight is 504 g/mol. The number of carbonyl (C=O) groups excluding carboxylic acids is 1. The molecule has 1 fully saturated rings. The first-order valence-electron chi connectivity index (χ1n) is 13.3. The molecule has 0 bridgehead atoms. The molecular formula is C30H41N5O2. The summed E-state index contributed by atoms with van der Waals surface area (Å²) in [6, 6.07) is 2.22. The Morgan fingerprint density at radius 2 is 1.76 bits per heavy atom. The van der Waals surface area contributed by atoms with Crippen molar-refractivity contribution in [3.63, 3.8) is 0 Å². The lowest BCUT2D eigenvalue weighted by molar-refractivity contribution is 0.0240. The van der Waals surface area contributed by atoms with Gasteiger partial charge in [0, 0.05) is 49.5 Å². The summed E-state index contributed by atoms with van der Waals surface area (Å²) in [7, 11) is 0. The summed E-state index contributed by atoms with van der Waals surface area (Å²) in [6.07, 6.45) is 6.87. The predicted molar refractivity (Wildman–Crippen MR) is 152 cm³/mol. The van der Waals surface area contributed by atoms with E-state index in [0.29, 0.717) is 13.1 Å². The van der Waals surface area contributed by atoms with Crippen LogP contribution in [0.5, 0.6) is 0 Å². The number of carbonyl (C=O) groups is 1. The van der Waals surface area contributed by atoms with Crippen LogP contribution in [0.3, 0.4) is 0 Å². The second-order valence-corrected chi connectivity index (χ2v) is 11.0.